The molecule has 0 saturated heterocycles. The average Bonchev–Trinajstić information content (AvgIpc) is 2.35. The van der Waals surface area contributed by atoms with E-state index in [9.17, 15) is 4.39 Å². The van der Waals surface area contributed by atoms with Gasteiger partial charge in [0.25, 0.3) is 0 Å². The molecule has 0 aliphatic rings. The minimum Gasteiger partial charge on any atom is -0.206 e. The number of halogens is 3. The summed E-state index contributed by atoms with van der Waals surface area (Å²) in [5.74, 6) is -0.235. The van der Waals surface area contributed by atoms with E-state index in [-0.39, 0.29) is 10.6 Å². The molecular weight excluding hydrogens is 359 g/mol. The Morgan fingerprint density at radius 2 is 1.56 bits per heavy atom. The Hall–Kier alpha value is -0.670. The quantitative estimate of drug-likeness (QED) is 0.595. The first-order valence-electron chi connectivity index (χ1n) is 5.65. The second kappa shape index (κ2) is 5.54. The third-order valence-corrected chi connectivity index (χ3v) is 4.76. The molecule has 18 heavy (non-hydrogen) atoms. The Kier molecular flexibility index (Phi) is 4.23. The smallest absolute Gasteiger partial charge is 0.137 e. The van der Waals surface area contributed by atoms with Crippen LogP contribution in [0.1, 0.15) is 27.1 Å². The minimum atomic E-state index is -0.235. The van der Waals surface area contributed by atoms with Gasteiger partial charge in [-0.2, -0.15) is 0 Å². The summed E-state index contributed by atoms with van der Waals surface area (Å²) < 4.78 is 14.0. The zero-order chi connectivity index (χ0) is 13.3. The summed E-state index contributed by atoms with van der Waals surface area (Å²) in [6.45, 7) is 4.17. The first-order chi connectivity index (χ1) is 8.49. The van der Waals surface area contributed by atoms with Gasteiger partial charge in [-0.15, -0.1) is 0 Å². The maximum absolute atomic E-state index is 13.5. The van der Waals surface area contributed by atoms with E-state index in [1.165, 1.54) is 11.1 Å². The van der Waals surface area contributed by atoms with E-state index in [1.807, 2.05) is 6.07 Å². The highest BCUT2D eigenvalue weighted by Gasteiger charge is 2.12. The Labute approximate surface area is 123 Å². The maximum Gasteiger partial charge on any atom is 0.137 e. The van der Waals surface area contributed by atoms with Crippen LogP contribution in [0.3, 0.4) is 0 Å². The number of hydrogen-bond donors (Lipinski definition) is 0. The first-order valence-corrected chi connectivity index (χ1v) is 7.36. The van der Waals surface area contributed by atoms with Gasteiger partial charge >= 0.3 is 0 Å². The molecule has 3 heteroatoms. The van der Waals surface area contributed by atoms with Gasteiger partial charge < -0.3 is 0 Å². The fraction of sp³-hybridized carbons (Fsp3) is 0.200. The molecule has 0 spiro atoms. The van der Waals surface area contributed by atoms with Crippen molar-refractivity contribution in [3.63, 3.8) is 0 Å². The predicted octanol–water partition coefficient (Wildman–Crippen LogP) is 5.69. The Morgan fingerprint density at radius 3 is 2.17 bits per heavy atom. The van der Waals surface area contributed by atoms with Gasteiger partial charge in [0.1, 0.15) is 5.82 Å². The van der Waals surface area contributed by atoms with E-state index in [4.69, 9.17) is 0 Å². The van der Waals surface area contributed by atoms with Crippen LogP contribution in [-0.4, -0.2) is 0 Å². The number of alkyl halides is 1. The van der Waals surface area contributed by atoms with Crippen molar-refractivity contribution in [2.24, 2.45) is 0 Å². The number of hydrogen-bond acceptors (Lipinski definition) is 0. The highest BCUT2D eigenvalue weighted by molar-refractivity contribution is 9.10. The van der Waals surface area contributed by atoms with Crippen molar-refractivity contribution in [1.82, 2.24) is 0 Å². The normalized spacial score (nSPS) is 12.5. The molecule has 94 valence electrons. The fourth-order valence-corrected chi connectivity index (χ4v) is 2.60. The molecule has 0 aromatic heterocycles. The lowest BCUT2D eigenvalue weighted by Gasteiger charge is -2.13. The van der Waals surface area contributed by atoms with Crippen LogP contribution < -0.4 is 0 Å². The van der Waals surface area contributed by atoms with E-state index in [1.54, 1.807) is 12.1 Å². The third-order valence-electron chi connectivity index (χ3n) is 3.06. The third kappa shape index (κ3) is 2.83. The summed E-state index contributed by atoms with van der Waals surface area (Å²) in [6, 6.07) is 11.5. The largest absolute Gasteiger partial charge is 0.206 e. The van der Waals surface area contributed by atoms with Gasteiger partial charge in [-0.3, -0.25) is 0 Å². The van der Waals surface area contributed by atoms with Gasteiger partial charge in [0, 0.05) is 0 Å². The van der Waals surface area contributed by atoms with E-state index < -0.39 is 0 Å². The molecule has 0 heterocycles. The van der Waals surface area contributed by atoms with Gasteiger partial charge in [-0.25, -0.2) is 4.39 Å². The summed E-state index contributed by atoms with van der Waals surface area (Å²) in [6.07, 6.45) is 0. The van der Waals surface area contributed by atoms with Crippen LogP contribution in [0, 0.1) is 19.7 Å². The molecule has 2 aromatic rings. The topological polar surface area (TPSA) is 0 Å². The molecule has 2 rings (SSSR count). The molecule has 0 nitrogen and oxygen atoms in total. The molecule has 0 radical (unpaired) electrons. The fourth-order valence-electron chi connectivity index (χ4n) is 1.78. The SMILES string of the molecule is Cc1ccc(C(Br)c2ccc(Br)c(F)c2)cc1C. The second-order valence-electron chi connectivity index (χ2n) is 4.38. The Bertz CT molecular complexity index is 527. The molecule has 0 aliphatic carbocycles. The predicted molar refractivity (Wildman–Crippen MR) is 80.8 cm³/mol. The summed E-state index contributed by atoms with van der Waals surface area (Å²) in [4.78, 5) is 0.0133. The van der Waals surface area contributed by atoms with Crippen molar-refractivity contribution in [3.05, 3.63) is 68.9 Å². The highest BCUT2D eigenvalue weighted by atomic mass is 79.9. The van der Waals surface area contributed by atoms with Gasteiger partial charge in [0.2, 0.25) is 0 Å². The molecule has 0 aliphatic heterocycles. The van der Waals surface area contributed by atoms with Crippen LogP contribution >= 0.6 is 31.9 Å². The molecule has 1 unspecified atom stereocenters. The van der Waals surface area contributed by atoms with E-state index in [0.717, 1.165) is 11.1 Å². The zero-order valence-corrected chi connectivity index (χ0v) is 13.3. The Morgan fingerprint density at radius 1 is 0.944 bits per heavy atom. The van der Waals surface area contributed by atoms with Crippen LogP contribution in [0.25, 0.3) is 0 Å². The van der Waals surface area contributed by atoms with Crippen molar-refractivity contribution in [3.8, 4) is 0 Å². The van der Waals surface area contributed by atoms with Crippen molar-refractivity contribution < 1.29 is 4.39 Å². The summed E-state index contributed by atoms with van der Waals surface area (Å²) in [7, 11) is 0. The lowest BCUT2D eigenvalue weighted by molar-refractivity contribution is 0.619. The van der Waals surface area contributed by atoms with Gasteiger partial charge in [-0.05, 0) is 64.2 Å². The van der Waals surface area contributed by atoms with Crippen LogP contribution in [0.2, 0.25) is 0 Å². The van der Waals surface area contributed by atoms with Crippen molar-refractivity contribution in [2.45, 2.75) is 18.7 Å². The minimum absolute atomic E-state index is 0.0133. The highest BCUT2D eigenvalue weighted by Crippen LogP contribution is 2.33. The lowest BCUT2D eigenvalue weighted by Crippen LogP contribution is -1.95. The summed E-state index contributed by atoms with van der Waals surface area (Å²) >= 11 is 6.80. The van der Waals surface area contributed by atoms with E-state index in [2.05, 4.69) is 63.9 Å². The van der Waals surface area contributed by atoms with Gasteiger partial charge in [-0.1, -0.05) is 40.2 Å². The van der Waals surface area contributed by atoms with Gasteiger partial charge in [0.15, 0.2) is 0 Å². The van der Waals surface area contributed by atoms with E-state index in [0.29, 0.717) is 4.47 Å². The van der Waals surface area contributed by atoms with Crippen LogP contribution in [0.15, 0.2) is 40.9 Å². The van der Waals surface area contributed by atoms with Crippen LogP contribution in [0.5, 0.6) is 0 Å². The lowest BCUT2D eigenvalue weighted by atomic mass is 10.0. The van der Waals surface area contributed by atoms with Crippen molar-refractivity contribution in [2.75, 3.05) is 0 Å². The number of rotatable bonds is 2. The molecule has 0 saturated carbocycles. The number of benzene rings is 2. The van der Waals surface area contributed by atoms with Crippen LogP contribution in [0.4, 0.5) is 4.39 Å². The standard InChI is InChI=1S/C15H13Br2F/c1-9-3-4-11(7-10(9)2)15(17)12-5-6-13(16)14(18)8-12/h3-8,15H,1-2H3. The van der Waals surface area contributed by atoms with Crippen molar-refractivity contribution in [1.29, 1.82) is 0 Å². The molecule has 0 fully saturated rings. The average molecular weight is 372 g/mol. The summed E-state index contributed by atoms with van der Waals surface area (Å²) in [5.41, 5.74) is 4.56. The summed E-state index contributed by atoms with van der Waals surface area (Å²) in [5, 5.41) is 0. The van der Waals surface area contributed by atoms with Crippen LogP contribution in [-0.2, 0) is 0 Å². The Balaban J connectivity index is 2.37. The maximum atomic E-state index is 13.5. The molecule has 0 bridgehead atoms. The molecule has 2 aromatic carbocycles. The first kappa shape index (κ1) is 13.8. The van der Waals surface area contributed by atoms with E-state index >= 15 is 0 Å². The van der Waals surface area contributed by atoms with Crippen molar-refractivity contribution >= 4 is 31.9 Å². The molecule has 0 amide bonds. The zero-order valence-electron chi connectivity index (χ0n) is 10.2. The second-order valence-corrected chi connectivity index (χ2v) is 6.15. The van der Waals surface area contributed by atoms with Gasteiger partial charge in [0.05, 0.1) is 9.30 Å². The molecule has 1 atom stereocenters. The number of aryl methyl sites for hydroxylation is 2. The molecule has 0 N–H and O–H groups in total. The molecular formula is C15H13Br2F. The monoisotopic (exact) mass is 370 g/mol.